The first-order chi connectivity index (χ1) is 17.5. The normalized spacial score (nSPS) is 13.9. The number of carbonyl (C=O) groups is 1. The summed E-state index contributed by atoms with van der Waals surface area (Å²) in [6, 6.07) is 13.0. The van der Waals surface area contributed by atoms with E-state index in [1.165, 1.54) is 11.3 Å². The van der Waals surface area contributed by atoms with E-state index in [9.17, 15) is 4.79 Å². The lowest BCUT2D eigenvalue weighted by Gasteiger charge is -2.27. The number of aromatic nitrogens is 2. The van der Waals surface area contributed by atoms with Crippen LogP contribution in [-0.2, 0) is 4.74 Å². The van der Waals surface area contributed by atoms with E-state index in [0.717, 1.165) is 55.2 Å². The summed E-state index contributed by atoms with van der Waals surface area (Å²) in [7, 11) is 1.63. The van der Waals surface area contributed by atoms with Crippen molar-refractivity contribution in [1.29, 1.82) is 0 Å². The fourth-order valence-electron chi connectivity index (χ4n) is 4.29. The summed E-state index contributed by atoms with van der Waals surface area (Å²) in [5.74, 6) is 0.978. The number of rotatable bonds is 8. The number of anilines is 1. The van der Waals surface area contributed by atoms with Crippen molar-refractivity contribution in [3.63, 3.8) is 0 Å². The van der Waals surface area contributed by atoms with Gasteiger partial charge in [-0.3, -0.25) is 14.6 Å². The second kappa shape index (κ2) is 12.2. The Morgan fingerprint density at radius 1 is 1.22 bits per heavy atom. The van der Waals surface area contributed by atoms with Gasteiger partial charge in [-0.1, -0.05) is 46.3 Å². The van der Waals surface area contributed by atoms with Crippen LogP contribution in [0.4, 0.5) is 5.13 Å². The van der Waals surface area contributed by atoms with E-state index in [4.69, 9.17) is 30.6 Å². The molecule has 2 aromatic heterocycles. The van der Waals surface area contributed by atoms with E-state index in [0.29, 0.717) is 39.3 Å². The minimum atomic E-state index is -0.211. The monoisotopic (exact) mass is 562 g/mol. The molecule has 1 aliphatic heterocycles. The maximum atomic E-state index is 14.1. The molecule has 0 bridgehead atoms. The molecule has 8 nitrogen and oxygen atoms in total. The highest BCUT2D eigenvalue weighted by Gasteiger charge is 2.29. The topological polar surface area (TPSA) is 80.9 Å². The van der Waals surface area contributed by atoms with E-state index in [1.54, 1.807) is 25.0 Å². The van der Waals surface area contributed by atoms with Gasteiger partial charge in [-0.25, -0.2) is 4.98 Å². The van der Waals surface area contributed by atoms with Gasteiger partial charge >= 0.3 is 0 Å². The van der Waals surface area contributed by atoms with Gasteiger partial charge in [-0.15, -0.1) is 12.4 Å². The molecule has 37 heavy (non-hydrogen) atoms. The molecule has 0 unspecified atom stereocenters. The molecule has 11 heteroatoms. The molecule has 1 fully saturated rings. The van der Waals surface area contributed by atoms with Crippen molar-refractivity contribution in [3.05, 3.63) is 58.8 Å². The van der Waals surface area contributed by atoms with Crippen LogP contribution in [0.2, 0.25) is 5.02 Å². The van der Waals surface area contributed by atoms with Crippen LogP contribution in [0.3, 0.4) is 0 Å². The van der Waals surface area contributed by atoms with Gasteiger partial charge in [-0.05, 0) is 37.6 Å². The number of ether oxygens (including phenoxy) is 2. The maximum absolute atomic E-state index is 14.1. The highest BCUT2D eigenvalue weighted by Crippen LogP contribution is 2.35. The van der Waals surface area contributed by atoms with Crippen LogP contribution in [0.25, 0.3) is 21.5 Å². The highest BCUT2D eigenvalue weighted by atomic mass is 35.5. The van der Waals surface area contributed by atoms with Crippen LogP contribution < -0.4 is 9.64 Å². The molecular weight excluding hydrogens is 535 g/mol. The van der Waals surface area contributed by atoms with Crippen molar-refractivity contribution in [2.75, 3.05) is 51.4 Å². The van der Waals surface area contributed by atoms with Gasteiger partial charge in [0.25, 0.3) is 5.91 Å². The molecule has 1 aliphatic rings. The van der Waals surface area contributed by atoms with Crippen molar-refractivity contribution in [2.45, 2.75) is 13.3 Å². The average Bonchev–Trinajstić information content (AvgIpc) is 3.49. The minimum absolute atomic E-state index is 0. The van der Waals surface area contributed by atoms with E-state index >= 15 is 0 Å². The van der Waals surface area contributed by atoms with Gasteiger partial charge in [0.05, 0.1) is 35.6 Å². The highest BCUT2D eigenvalue weighted by molar-refractivity contribution is 7.22. The molecule has 0 radical (unpaired) electrons. The molecular formula is C26H28Cl2N4O4S. The Balaban J connectivity index is 0.00000320. The Morgan fingerprint density at radius 3 is 2.76 bits per heavy atom. The van der Waals surface area contributed by atoms with Gasteiger partial charge < -0.3 is 14.0 Å². The van der Waals surface area contributed by atoms with Gasteiger partial charge in [0.1, 0.15) is 22.8 Å². The second-order valence-corrected chi connectivity index (χ2v) is 9.95. The minimum Gasteiger partial charge on any atom is -0.497 e. The Morgan fingerprint density at radius 2 is 2.00 bits per heavy atom. The van der Waals surface area contributed by atoms with Gasteiger partial charge in [-0.2, -0.15) is 0 Å². The lowest BCUT2D eigenvalue weighted by molar-refractivity contribution is 0.0376. The fraction of sp³-hybridized carbons (Fsp3) is 0.346. The Hall–Kier alpha value is -2.69. The maximum Gasteiger partial charge on any atom is 0.265 e. The lowest BCUT2D eigenvalue weighted by atomic mass is 10.1. The quantitative estimate of drug-likeness (QED) is 0.272. The summed E-state index contributed by atoms with van der Waals surface area (Å²) >= 11 is 7.91. The van der Waals surface area contributed by atoms with Crippen molar-refractivity contribution in [1.82, 2.24) is 15.0 Å². The number of nitrogens with zero attached hydrogens (tertiary/aromatic N) is 4. The zero-order chi connectivity index (χ0) is 25.1. The van der Waals surface area contributed by atoms with E-state index < -0.39 is 0 Å². The predicted octanol–water partition coefficient (Wildman–Crippen LogP) is 5.71. The number of benzene rings is 2. The van der Waals surface area contributed by atoms with Crippen molar-refractivity contribution >= 4 is 56.6 Å². The van der Waals surface area contributed by atoms with Crippen LogP contribution in [0.1, 0.15) is 22.5 Å². The lowest BCUT2D eigenvalue weighted by Crippen LogP contribution is -2.39. The molecule has 0 atom stereocenters. The first-order valence-corrected chi connectivity index (χ1v) is 13.0. The van der Waals surface area contributed by atoms with Crippen LogP contribution in [0.15, 0.2) is 47.0 Å². The molecule has 0 aliphatic carbocycles. The standard InChI is InChI=1S/C26H27ClN4O4S.ClH/c1-17-23(24(29-35-17)19-6-3-4-7-20(19)27)25(32)31(11-5-10-30-12-14-34-15-13-30)26-28-21-9-8-18(33-2)16-22(21)36-26;/h3-4,6-9,16H,5,10-15H2,1-2H3;1H. The molecule has 4 aromatic rings. The number of hydrogen-bond acceptors (Lipinski definition) is 8. The van der Waals surface area contributed by atoms with Gasteiger partial charge in [0.2, 0.25) is 0 Å². The zero-order valence-electron chi connectivity index (χ0n) is 20.6. The van der Waals surface area contributed by atoms with Crippen LogP contribution in [0, 0.1) is 6.92 Å². The summed E-state index contributed by atoms with van der Waals surface area (Å²) in [4.78, 5) is 23.0. The molecule has 3 heterocycles. The third-order valence-electron chi connectivity index (χ3n) is 6.23. The first-order valence-electron chi connectivity index (χ1n) is 11.8. The fourth-order valence-corrected chi connectivity index (χ4v) is 5.54. The summed E-state index contributed by atoms with van der Waals surface area (Å²) < 4.78 is 17.3. The van der Waals surface area contributed by atoms with Crippen molar-refractivity contribution < 1.29 is 18.8 Å². The molecule has 0 spiro atoms. The third-order valence-corrected chi connectivity index (χ3v) is 7.60. The molecule has 1 saturated heterocycles. The number of hydrogen-bond donors (Lipinski definition) is 0. The number of halogens is 2. The van der Waals surface area contributed by atoms with Crippen LogP contribution >= 0.6 is 35.3 Å². The van der Waals surface area contributed by atoms with Crippen molar-refractivity contribution in [2.24, 2.45) is 0 Å². The number of carbonyl (C=O) groups excluding carboxylic acids is 1. The Kier molecular flexibility index (Phi) is 9.04. The number of fused-ring (bicyclic) bond motifs is 1. The summed E-state index contributed by atoms with van der Waals surface area (Å²) in [5.41, 5.74) is 2.30. The molecule has 1 amide bonds. The number of thiazole rings is 1. The predicted molar refractivity (Wildman–Crippen MR) is 149 cm³/mol. The molecule has 0 saturated carbocycles. The van der Waals surface area contributed by atoms with Crippen LogP contribution in [0.5, 0.6) is 5.75 Å². The third kappa shape index (κ3) is 5.91. The zero-order valence-corrected chi connectivity index (χ0v) is 23.0. The summed E-state index contributed by atoms with van der Waals surface area (Å²) in [5, 5.41) is 5.33. The molecule has 196 valence electrons. The SMILES string of the molecule is COc1ccc2nc(N(CCCN3CCOCC3)C(=O)c3c(-c4ccccc4Cl)noc3C)sc2c1.Cl. The van der Waals surface area contributed by atoms with E-state index in [-0.39, 0.29) is 18.3 Å². The smallest absolute Gasteiger partial charge is 0.265 e. The molecule has 2 aromatic carbocycles. The number of methoxy groups -OCH3 is 1. The van der Waals surface area contributed by atoms with Crippen molar-refractivity contribution in [3.8, 4) is 17.0 Å². The number of morpholine rings is 1. The molecule has 0 N–H and O–H groups in total. The Bertz CT molecular complexity index is 1370. The average molecular weight is 564 g/mol. The summed E-state index contributed by atoms with van der Waals surface area (Å²) in [6.07, 6.45) is 0.788. The Labute approximate surface area is 230 Å². The van der Waals surface area contributed by atoms with Gasteiger partial charge in [0.15, 0.2) is 5.13 Å². The van der Waals surface area contributed by atoms with E-state index in [2.05, 4.69) is 10.1 Å². The first kappa shape index (κ1) is 27.3. The van der Waals surface area contributed by atoms with E-state index in [1.807, 2.05) is 36.4 Å². The largest absolute Gasteiger partial charge is 0.497 e. The number of aryl methyl sites for hydroxylation is 1. The van der Waals surface area contributed by atoms with Gasteiger partial charge in [0, 0.05) is 31.7 Å². The number of amides is 1. The summed E-state index contributed by atoms with van der Waals surface area (Å²) in [6.45, 7) is 6.39. The second-order valence-electron chi connectivity index (χ2n) is 8.54. The van der Waals surface area contributed by atoms with Crippen LogP contribution in [-0.4, -0.2) is 67.5 Å². The molecule has 5 rings (SSSR count).